The molecule has 0 aliphatic heterocycles. The van der Waals surface area contributed by atoms with Gasteiger partial charge in [-0.15, -0.1) is 0 Å². The predicted octanol–water partition coefficient (Wildman–Crippen LogP) is -1.63. The molecule has 1 aliphatic carbocycles. The molecule has 0 radical (unpaired) electrons. The normalized spacial score (nSPS) is 32.9. The van der Waals surface area contributed by atoms with Crippen LogP contribution in [0.5, 0.6) is 0 Å². The monoisotopic (exact) mass is 295 g/mol. The van der Waals surface area contributed by atoms with Crippen molar-refractivity contribution in [1.29, 1.82) is 0 Å². The lowest BCUT2D eigenvalue weighted by molar-refractivity contribution is -0.0840. The lowest BCUT2D eigenvalue weighted by Crippen LogP contribution is -2.43. The van der Waals surface area contributed by atoms with Gasteiger partial charge in [-0.2, -0.15) is 4.98 Å². The third-order valence-electron chi connectivity index (χ3n) is 4.34. The maximum atomic E-state index is 11.8. The number of nitrogens with one attached hydrogen (secondary N) is 1. The summed E-state index contributed by atoms with van der Waals surface area (Å²) < 4.78 is 1.52. The molecule has 0 bridgehead atoms. The molecule has 2 aromatic rings. The Morgan fingerprint density at radius 3 is 2.95 bits per heavy atom. The standard InChI is InChI=1S/C12H17N5O4/c1-12(21)5(3-18)2-6(8(12)19)17-4-14-7-9(17)15-11(13)16-10(7)20/h4-6,8,18-19,21H,2-3H2,1H3,(H3,13,15,16,20)/t5-,6-,8+,12-/m1/s1. The van der Waals surface area contributed by atoms with Gasteiger partial charge in [0.1, 0.15) is 6.10 Å². The van der Waals surface area contributed by atoms with Crippen LogP contribution in [0.25, 0.3) is 11.2 Å². The minimum atomic E-state index is -1.43. The van der Waals surface area contributed by atoms with Crippen LogP contribution in [0.3, 0.4) is 0 Å². The highest BCUT2D eigenvalue weighted by molar-refractivity contribution is 5.70. The number of H-pyrrole nitrogens is 1. The van der Waals surface area contributed by atoms with Crippen LogP contribution in [-0.4, -0.2) is 53.2 Å². The van der Waals surface area contributed by atoms with Crippen molar-refractivity contribution in [3.63, 3.8) is 0 Å². The highest BCUT2D eigenvalue weighted by Gasteiger charge is 2.51. The van der Waals surface area contributed by atoms with Crippen molar-refractivity contribution in [2.45, 2.75) is 31.1 Å². The first-order valence-electron chi connectivity index (χ1n) is 6.60. The first-order chi connectivity index (χ1) is 9.86. The van der Waals surface area contributed by atoms with Crippen LogP contribution in [0.2, 0.25) is 0 Å². The summed E-state index contributed by atoms with van der Waals surface area (Å²) in [6.07, 6.45) is 0.606. The molecule has 0 unspecified atom stereocenters. The third kappa shape index (κ3) is 1.93. The Labute approximate surface area is 119 Å². The lowest BCUT2D eigenvalue weighted by Gasteiger charge is -2.28. The highest BCUT2D eigenvalue weighted by atomic mass is 16.3. The van der Waals surface area contributed by atoms with E-state index in [9.17, 15) is 20.1 Å². The first-order valence-corrected chi connectivity index (χ1v) is 6.60. The molecule has 0 spiro atoms. The van der Waals surface area contributed by atoms with Crippen molar-refractivity contribution in [2.75, 3.05) is 12.3 Å². The van der Waals surface area contributed by atoms with Gasteiger partial charge in [-0.25, -0.2) is 4.98 Å². The minimum absolute atomic E-state index is 0.0489. The van der Waals surface area contributed by atoms with E-state index in [2.05, 4.69) is 15.0 Å². The number of rotatable bonds is 2. The Morgan fingerprint density at radius 2 is 2.33 bits per heavy atom. The molecule has 2 heterocycles. The molecular formula is C12H17N5O4. The van der Waals surface area contributed by atoms with E-state index in [1.165, 1.54) is 17.8 Å². The van der Waals surface area contributed by atoms with E-state index < -0.39 is 29.2 Å². The van der Waals surface area contributed by atoms with E-state index in [1.54, 1.807) is 0 Å². The van der Waals surface area contributed by atoms with Gasteiger partial charge in [0.25, 0.3) is 5.56 Å². The van der Waals surface area contributed by atoms with E-state index in [0.717, 1.165) is 0 Å². The number of aromatic amines is 1. The van der Waals surface area contributed by atoms with E-state index in [1.807, 2.05) is 0 Å². The molecule has 1 saturated carbocycles. The molecule has 9 nitrogen and oxygen atoms in total. The molecule has 4 atom stereocenters. The van der Waals surface area contributed by atoms with Gasteiger partial charge in [-0.05, 0) is 13.3 Å². The van der Waals surface area contributed by atoms with E-state index >= 15 is 0 Å². The van der Waals surface area contributed by atoms with E-state index in [-0.39, 0.29) is 23.7 Å². The zero-order chi connectivity index (χ0) is 15.4. The maximum absolute atomic E-state index is 11.8. The summed E-state index contributed by atoms with van der Waals surface area (Å²) in [5.74, 6) is -0.526. The van der Waals surface area contributed by atoms with Crippen molar-refractivity contribution in [3.05, 3.63) is 16.7 Å². The number of imidazole rings is 1. The SMILES string of the molecule is C[C@@]1(O)[C@@H](CO)C[C@@H](n2cnc3c(=O)[nH]c(N)nc32)[C@@H]1O. The number of nitrogens with zero attached hydrogens (tertiary/aromatic N) is 3. The number of hydrogen-bond donors (Lipinski definition) is 5. The Bertz CT molecular complexity index is 737. The topological polar surface area (TPSA) is 150 Å². The fraction of sp³-hybridized carbons (Fsp3) is 0.583. The third-order valence-corrected chi connectivity index (χ3v) is 4.34. The van der Waals surface area contributed by atoms with Gasteiger partial charge < -0.3 is 25.6 Å². The average molecular weight is 295 g/mol. The van der Waals surface area contributed by atoms with Gasteiger partial charge in [-0.3, -0.25) is 9.78 Å². The molecule has 21 heavy (non-hydrogen) atoms. The van der Waals surface area contributed by atoms with Crippen LogP contribution < -0.4 is 11.3 Å². The number of fused-ring (bicyclic) bond motifs is 1. The zero-order valence-electron chi connectivity index (χ0n) is 11.4. The zero-order valence-corrected chi connectivity index (χ0v) is 11.4. The second-order valence-electron chi connectivity index (χ2n) is 5.63. The van der Waals surface area contributed by atoms with E-state index in [0.29, 0.717) is 6.42 Å². The fourth-order valence-corrected chi connectivity index (χ4v) is 3.00. The Balaban J connectivity index is 2.12. The summed E-state index contributed by atoms with van der Waals surface area (Å²) >= 11 is 0. The number of aliphatic hydroxyl groups excluding tert-OH is 2. The van der Waals surface area contributed by atoms with Crippen molar-refractivity contribution < 1.29 is 15.3 Å². The smallest absolute Gasteiger partial charge is 0.280 e. The highest BCUT2D eigenvalue weighted by Crippen LogP contribution is 2.42. The van der Waals surface area contributed by atoms with Crippen LogP contribution >= 0.6 is 0 Å². The van der Waals surface area contributed by atoms with Gasteiger partial charge in [0.05, 0.1) is 18.0 Å². The number of aromatic nitrogens is 4. The Morgan fingerprint density at radius 1 is 1.62 bits per heavy atom. The molecule has 0 saturated heterocycles. The van der Waals surface area contributed by atoms with Crippen LogP contribution in [0, 0.1) is 5.92 Å². The molecule has 9 heteroatoms. The summed E-state index contributed by atoms with van der Waals surface area (Å²) in [6, 6.07) is -0.546. The van der Waals surface area contributed by atoms with Crippen LogP contribution in [0.4, 0.5) is 5.95 Å². The summed E-state index contributed by atoms with van der Waals surface area (Å²) in [4.78, 5) is 22.1. The molecule has 1 fully saturated rings. The summed E-state index contributed by atoms with van der Waals surface area (Å²) in [5, 5.41) is 30.0. The predicted molar refractivity (Wildman–Crippen MR) is 73.4 cm³/mol. The molecular weight excluding hydrogens is 278 g/mol. The number of nitrogens with two attached hydrogens (primary N) is 1. The van der Waals surface area contributed by atoms with Crippen molar-refractivity contribution in [2.24, 2.45) is 5.92 Å². The molecule has 0 aromatic carbocycles. The number of anilines is 1. The summed E-state index contributed by atoms with van der Waals surface area (Å²) in [5.41, 5.74) is 4.00. The second kappa shape index (κ2) is 4.52. The Kier molecular flexibility index (Phi) is 3.01. The number of aliphatic hydroxyl groups is 3. The number of nitrogen functional groups attached to an aromatic ring is 1. The molecule has 1 aliphatic rings. The molecule has 3 rings (SSSR count). The molecule has 0 amide bonds. The maximum Gasteiger partial charge on any atom is 0.280 e. The van der Waals surface area contributed by atoms with Crippen molar-refractivity contribution in [3.8, 4) is 0 Å². The fourth-order valence-electron chi connectivity index (χ4n) is 3.00. The first kappa shape index (κ1) is 14.0. The quantitative estimate of drug-likeness (QED) is 0.446. The van der Waals surface area contributed by atoms with Gasteiger partial charge >= 0.3 is 0 Å². The second-order valence-corrected chi connectivity index (χ2v) is 5.63. The minimum Gasteiger partial charge on any atom is -0.396 e. The average Bonchev–Trinajstić information content (AvgIpc) is 2.91. The number of hydrogen-bond acceptors (Lipinski definition) is 7. The van der Waals surface area contributed by atoms with Gasteiger partial charge in [0.15, 0.2) is 11.2 Å². The molecule has 6 N–H and O–H groups in total. The Hall–Kier alpha value is -1.97. The molecule has 2 aromatic heterocycles. The van der Waals surface area contributed by atoms with Gasteiger partial charge in [-0.1, -0.05) is 0 Å². The molecule has 114 valence electrons. The van der Waals surface area contributed by atoms with Crippen molar-refractivity contribution >= 4 is 17.1 Å². The van der Waals surface area contributed by atoms with Crippen LogP contribution in [-0.2, 0) is 0 Å². The largest absolute Gasteiger partial charge is 0.396 e. The van der Waals surface area contributed by atoms with Gasteiger partial charge in [0, 0.05) is 12.5 Å². The summed E-state index contributed by atoms with van der Waals surface area (Å²) in [6.45, 7) is 1.23. The van der Waals surface area contributed by atoms with E-state index in [4.69, 9.17) is 5.73 Å². The van der Waals surface area contributed by atoms with Crippen LogP contribution in [0.15, 0.2) is 11.1 Å². The van der Waals surface area contributed by atoms with Crippen molar-refractivity contribution in [1.82, 2.24) is 19.5 Å². The van der Waals surface area contributed by atoms with Gasteiger partial charge in [0.2, 0.25) is 5.95 Å². The lowest BCUT2D eigenvalue weighted by atomic mass is 9.92. The summed E-state index contributed by atoms with van der Waals surface area (Å²) in [7, 11) is 0. The van der Waals surface area contributed by atoms with Crippen LogP contribution in [0.1, 0.15) is 19.4 Å².